The van der Waals surface area contributed by atoms with E-state index in [1.807, 2.05) is 66.7 Å². The normalized spacial score (nSPS) is 22.5. The first-order valence-electron chi connectivity index (χ1n) is 8.61. The van der Waals surface area contributed by atoms with Crippen LogP contribution in [0.5, 0.6) is 0 Å². The number of hydrogen-bond donors (Lipinski definition) is 2. The second kappa shape index (κ2) is 8.41. The molecule has 0 heterocycles. The number of aliphatic hydroxyl groups is 1. The topological polar surface area (TPSA) is 46.5 Å². The van der Waals surface area contributed by atoms with Crippen LogP contribution in [0.1, 0.15) is 12.8 Å². The van der Waals surface area contributed by atoms with Crippen molar-refractivity contribution in [3.05, 3.63) is 84.5 Å². The van der Waals surface area contributed by atoms with Gasteiger partial charge < -0.3 is 13.9 Å². The van der Waals surface area contributed by atoms with Gasteiger partial charge in [-0.2, -0.15) is 0 Å². The first kappa shape index (κ1) is 19.2. The molecule has 2 aromatic rings. The molecule has 5 heteroatoms. The molecule has 0 aliphatic heterocycles. The summed E-state index contributed by atoms with van der Waals surface area (Å²) in [6.45, 7) is 4.00. The minimum Gasteiger partial charge on any atom is -0.388 e. The maximum absolute atomic E-state index is 14.0. The van der Waals surface area contributed by atoms with Crippen LogP contribution in [0.4, 0.5) is 0 Å². The van der Waals surface area contributed by atoms with Crippen LogP contribution >= 0.6 is 20.1 Å². The first-order valence-corrected chi connectivity index (χ1v) is 10.9. The van der Waals surface area contributed by atoms with Crippen LogP contribution in [-0.2, 0) is 8.75 Å². The zero-order valence-corrected chi connectivity index (χ0v) is 16.3. The van der Waals surface area contributed by atoms with Gasteiger partial charge in [0.25, 0.3) is 0 Å². The molecule has 2 aromatic carbocycles. The highest BCUT2D eigenvalue weighted by atomic mass is 32.1. The molecule has 1 fully saturated rings. The zero-order valence-electron chi connectivity index (χ0n) is 14.5. The Bertz CT molecular complexity index is 789. The number of aliphatic hydroxyl groups excluding tert-OH is 1. The van der Waals surface area contributed by atoms with Gasteiger partial charge in [-0.3, -0.25) is 0 Å². The summed E-state index contributed by atoms with van der Waals surface area (Å²) in [6, 6.07) is 19.1. The minimum absolute atomic E-state index is 0.169. The molecule has 1 aliphatic carbocycles. The lowest BCUT2D eigenvalue weighted by molar-refractivity contribution is 0.118. The predicted molar refractivity (Wildman–Crippen MR) is 111 cm³/mol. The van der Waals surface area contributed by atoms with Gasteiger partial charge in [-0.15, -0.1) is 0 Å². The fraction of sp³-hybridized carbons (Fsp3) is 0.238. The van der Waals surface area contributed by atoms with Crippen LogP contribution in [-0.4, -0.2) is 23.5 Å². The Hall–Kier alpha value is -1.58. The monoisotopic (exact) mass is 386 g/mol. The van der Waals surface area contributed by atoms with Gasteiger partial charge in [-0.05, 0) is 24.1 Å². The van der Waals surface area contributed by atoms with Crippen LogP contribution in [0, 0.1) is 0 Å². The highest BCUT2D eigenvalue weighted by Gasteiger charge is 2.30. The van der Waals surface area contributed by atoms with Crippen molar-refractivity contribution in [1.29, 1.82) is 0 Å². The van der Waals surface area contributed by atoms with Crippen molar-refractivity contribution in [2.45, 2.75) is 25.0 Å². The number of allylic oxidation sites excluding steroid dienone is 1. The van der Waals surface area contributed by atoms with E-state index in [0.29, 0.717) is 24.6 Å². The molecule has 136 valence electrons. The molecule has 0 unspecified atom stereocenters. The predicted octanol–water partition coefficient (Wildman–Crippen LogP) is 3.87. The van der Waals surface area contributed by atoms with Crippen molar-refractivity contribution in [3.8, 4) is 0 Å². The standard InChI is InChI=1S/C21H23O3PS/c1-16-17(14-18(24-26)15-21(16)22)12-13-25(23,19-8-4-2-5-9-19)20-10-6-3-7-11-20/h2-12,18,21-22,26H,1,13-15H2/b17-12-/t18-,21+/m1/s1. The largest absolute Gasteiger partial charge is 0.388 e. The molecule has 1 aliphatic rings. The second-order valence-corrected chi connectivity index (χ2v) is 9.62. The summed E-state index contributed by atoms with van der Waals surface area (Å²) in [5.74, 6) is 0. The SMILES string of the molecule is C=C1/C(=C\CP(=O)(c2ccccc2)c2ccccc2)C[C@@H](OS)C[C@@H]1O. The molecule has 0 radical (unpaired) electrons. The summed E-state index contributed by atoms with van der Waals surface area (Å²) in [6.07, 6.45) is 2.60. The van der Waals surface area contributed by atoms with Gasteiger partial charge in [0.15, 0.2) is 0 Å². The van der Waals surface area contributed by atoms with Crippen molar-refractivity contribution in [2.75, 3.05) is 6.16 Å². The Morgan fingerprint density at radius 1 is 1.12 bits per heavy atom. The van der Waals surface area contributed by atoms with E-state index in [1.54, 1.807) is 0 Å². The lowest BCUT2D eigenvalue weighted by Crippen LogP contribution is -2.28. The zero-order chi connectivity index (χ0) is 18.6. The van der Waals surface area contributed by atoms with Crippen molar-refractivity contribution < 1.29 is 13.9 Å². The lowest BCUT2D eigenvalue weighted by Gasteiger charge is -2.29. The Kier molecular flexibility index (Phi) is 6.20. The number of benzene rings is 2. The molecule has 3 rings (SSSR count). The molecule has 0 aromatic heterocycles. The van der Waals surface area contributed by atoms with Gasteiger partial charge in [0.05, 0.1) is 12.2 Å². The highest BCUT2D eigenvalue weighted by molar-refractivity contribution is 7.78. The molecule has 1 N–H and O–H groups in total. The Labute approximate surface area is 160 Å². The molecular weight excluding hydrogens is 363 g/mol. The fourth-order valence-corrected chi connectivity index (χ4v) is 5.96. The van der Waals surface area contributed by atoms with Crippen molar-refractivity contribution in [2.24, 2.45) is 0 Å². The van der Waals surface area contributed by atoms with Crippen LogP contribution in [0.3, 0.4) is 0 Å². The van der Waals surface area contributed by atoms with Gasteiger partial charge in [0.1, 0.15) is 7.14 Å². The van der Waals surface area contributed by atoms with Crippen molar-refractivity contribution >= 4 is 30.7 Å². The second-order valence-electron chi connectivity index (χ2n) is 6.53. The smallest absolute Gasteiger partial charge is 0.146 e. The van der Waals surface area contributed by atoms with Gasteiger partial charge in [0.2, 0.25) is 0 Å². The number of rotatable bonds is 5. The minimum atomic E-state index is -2.82. The summed E-state index contributed by atoms with van der Waals surface area (Å²) in [5, 5.41) is 11.8. The molecule has 1 saturated carbocycles. The van der Waals surface area contributed by atoms with E-state index in [-0.39, 0.29) is 6.10 Å². The quantitative estimate of drug-likeness (QED) is 0.466. The summed E-state index contributed by atoms with van der Waals surface area (Å²) in [5.41, 5.74) is 1.58. The van der Waals surface area contributed by atoms with E-state index in [4.69, 9.17) is 4.18 Å². The third kappa shape index (κ3) is 4.05. The van der Waals surface area contributed by atoms with Gasteiger partial charge >= 0.3 is 0 Å². The fourth-order valence-electron chi connectivity index (χ4n) is 3.30. The third-order valence-corrected chi connectivity index (χ3v) is 8.10. The van der Waals surface area contributed by atoms with E-state index >= 15 is 0 Å². The van der Waals surface area contributed by atoms with Crippen LogP contribution in [0.15, 0.2) is 84.5 Å². The lowest BCUT2D eigenvalue weighted by atomic mass is 9.86. The summed E-state index contributed by atoms with van der Waals surface area (Å²) < 4.78 is 19.1. The van der Waals surface area contributed by atoms with Crippen molar-refractivity contribution in [3.63, 3.8) is 0 Å². The Morgan fingerprint density at radius 2 is 1.65 bits per heavy atom. The van der Waals surface area contributed by atoms with E-state index in [9.17, 15) is 9.67 Å². The summed E-state index contributed by atoms with van der Waals surface area (Å²) in [4.78, 5) is 0. The van der Waals surface area contributed by atoms with Crippen LogP contribution in [0.2, 0.25) is 0 Å². The summed E-state index contributed by atoms with van der Waals surface area (Å²) >= 11 is 3.89. The number of thiol groups is 1. The Balaban J connectivity index is 1.97. The van der Waals surface area contributed by atoms with E-state index in [2.05, 4.69) is 19.5 Å². The molecular formula is C21H23O3PS. The molecule has 0 amide bonds. The van der Waals surface area contributed by atoms with Crippen LogP contribution in [0.25, 0.3) is 0 Å². The Morgan fingerprint density at radius 3 is 2.15 bits per heavy atom. The highest BCUT2D eigenvalue weighted by Crippen LogP contribution is 2.44. The number of hydrogen-bond acceptors (Lipinski definition) is 4. The molecule has 0 saturated heterocycles. The average molecular weight is 386 g/mol. The van der Waals surface area contributed by atoms with Crippen LogP contribution < -0.4 is 10.6 Å². The van der Waals surface area contributed by atoms with E-state index in [1.165, 1.54) is 0 Å². The van der Waals surface area contributed by atoms with E-state index in [0.717, 1.165) is 16.2 Å². The maximum atomic E-state index is 14.0. The molecule has 2 atom stereocenters. The molecule has 3 nitrogen and oxygen atoms in total. The average Bonchev–Trinajstić information content (AvgIpc) is 2.70. The third-order valence-electron chi connectivity index (χ3n) is 4.84. The molecule has 0 bridgehead atoms. The maximum Gasteiger partial charge on any atom is 0.146 e. The molecule has 0 spiro atoms. The molecule has 26 heavy (non-hydrogen) atoms. The van der Waals surface area contributed by atoms with Gasteiger partial charge in [-0.25, -0.2) is 0 Å². The van der Waals surface area contributed by atoms with Crippen molar-refractivity contribution in [1.82, 2.24) is 0 Å². The first-order chi connectivity index (χ1) is 12.5. The summed E-state index contributed by atoms with van der Waals surface area (Å²) in [7, 11) is -2.82. The van der Waals surface area contributed by atoms with Gasteiger partial charge in [-0.1, -0.05) is 73.3 Å². The van der Waals surface area contributed by atoms with E-state index < -0.39 is 13.2 Å². The van der Waals surface area contributed by atoms with Gasteiger partial charge in [0, 0.05) is 29.6 Å².